The third-order valence-electron chi connectivity index (χ3n) is 3.41. The monoisotopic (exact) mass is 249 g/mol. The zero-order chi connectivity index (χ0) is 13.1. The van der Waals surface area contributed by atoms with E-state index in [0.717, 1.165) is 25.1 Å². The highest BCUT2D eigenvalue weighted by Crippen LogP contribution is 2.31. The molecule has 4 heteroatoms. The van der Waals surface area contributed by atoms with Gasteiger partial charge in [0.05, 0.1) is 19.8 Å². The largest absolute Gasteiger partial charge is 0.497 e. The van der Waals surface area contributed by atoms with E-state index in [4.69, 9.17) is 9.47 Å². The van der Waals surface area contributed by atoms with Gasteiger partial charge in [0.1, 0.15) is 11.5 Å². The van der Waals surface area contributed by atoms with Gasteiger partial charge in [-0.3, -0.25) is 4.79 Å². The SMILES string of the molecule is COc1cc(C)c(C(=O)C2CCNC2)c(OC)c1. The highest BCUT2D eigenvalue weighted by molar-refractivity contribution is 6.02. The molecule has 4 nitrogen and oxygen atoms in total. The van der Waals surface area contributed by atoms with Crippen LogP contribution < -0.4 is 14.8 Å². The molecule has 98 valence electrons. The zero-order valence-corrected chi connectivity index (χ0v) is 11.1. The van der Waals surface area contributed by atoms with Crippen molar-refractivity contribution in [2.45, 2.75) is 13.3 Å². The van der Waals surface area contributed by atoms with Crippen LogP contribution in [-0.2, 0) is 0 Å². The number of aryl methyl sites for hydroxylation is 1. The number of hydrogen-bond donors (Lipinski definition) is 1. The van der Waals surface area contributed by atoms with E-state index in [1.54, 1.807) is 20.3 Å². The number of nitrogens with one attached hydrogen (secondary N) is 1. The Morgan fingerprint density at radius 3 is 2.67 bits per heavy atom. The van der Waals surface area contributed by atoms with Crippen molar-refractivity contribution in [2.24, 2.45) is 5.92 Å². The van der Waals surface area contributed by atoms with Gasteiger partial charge >= 0.3 is 0 Å². The maximum atomic E-state index is 12.5. The zero-order valence-electron chi connectivity index (χ0n) is 11.1. The Balaban J connectivity index is 2.39. The Labute approximate surface area is 107 Å². The lowest BCUT2D eigenvalue weighted by Gasteiger charge is -2.15. The Morgan fingerprint density at radius 2 is 2.11 bits per heavy atom. The number of ether oxygens (including phenoxy) is 2. The standard InChI is InChI=1S/C14H19NO3/c1-9-6-11(17-2)7-12(18-3)13(9)14(16)10-4-5-15-8-10/h6-7,10,15H,4-5,8H2,1-3H3. The molecule has 1 saturated heterocycles. The molecule has 1 fully saturated rings. The molecular weight excluding hydrogens is 230 g/mol. The fraction of sp³-hybridized carbons (Fsp3) is 0.500. The summed E-state index contributed by atoms with van der Waals surface area (Å²) in [7, 11) is 3.19. The molecule has 0 spiro atoms. The van der Waals surface area contributed by atoms with Crippen molar-refractivity contribution in [2.75, 3.05) is 27.3 Å². The molecule has 1 aliphatic rings. The van der Waals surface area contributed by atoms with Crippen LogP contribution in [0.4, 0.5) is 0 Å². The molecule has 1 heterocycles. The van der Waals surface area contributed by atoms with Gasteiger partial charge in [-0.15, -0.1) is 0 Å². The Morgan fingerprint density at radius 1 is 1.33 bits per heavy atom. The summed E-state index contributed by atoms with van der Waals surface area (Å²) in [6.07, 6.45) is 0.896. The molecule has 0 bridgehead atoms. The fourth-order valence-corrected chi connectivity index (χ4v) is 2.40. The third kappa shape index (κ3) is 2.34. The van der Waals surface area contributed by atoms with E-state index in [-0.39, 0.29) is 11.7 Å². The van der Waals surface area contributed by atoms with E-state index in [1.165, 1.54) is 0 Å². The normalized spacial score (nSPS) is 18.7. The topological polar surface area (TPSA) is 47.6 Å². The van der Waals surface area contributed by atoms with Crippen molar-refractivity contribution in [3.63, 3.8) is 0 Å². The van der Waals surface area contributed by atoms with Crippen LogP contribution in [0.25, 0.3) is 0 Å². The van der Waals surface area contributed by atoms with Crippen LogP contribution in [-0.4, -0.2) is 33.1 Å². The van der Waals surface area contributed by atoms with Crippen molar-refractivity contribution >= 4 is 5.78 Å². The average Bonchev–Trinajstić information content (AvgIpc) is 2.90. The first-order valence-corrected chi connectivity index (χ1v) is 6.15. The summed E-state index contributed by atoms with van der Waals surface area (Å²) in [4.78, 5) is 12.5. The van der Waals surface area contributed by atoms with E-state index >= 15 is 0 Å². The molecule has 0 aromatic heterocycles. The van der Waals surface area contributed by atoms with Gasteiger partial charge in [-0.05, 0) is 31.5 Å². The van der Waals surface area contributed by atoms with Crippen LogP contribution in [0.2, 0.25) is 0 Å². The molecule has 2 rings (SSSR count). The third-order valence-corrected chi connectivity index (χ3v) is 3.41. The lowest BCUT2D eigenvalue weighted by Crippen LogP contribution is -2.19. The second-order valence-corrected chi connectivity index (χ2v) is 4.58. The van der Waals surface area contributed by atoms with Crippen LogP contribution in [0.3, 0.4) is 0 Å². The number of carbonyl (C=O) groups excluding carboxylic acids is 1. The van der Waals surface area contributed by atoms with Crippen LogP contribution in [0.1, 0.15) is 22.3 Å². The van der Waals surface area contributed by atoms with E-state index in [2.05, 4.69) is 5.32 Å². The summed E-state index contributed by atoms with van der Waals surface area (Å²) < 4.78 is 10.5. The molecule has 1 aromatic rings. The van der Waals surface area contributed by atoms with Gasteiger partial charge in [-0.2, -0.15) is 0 Å². The van der Waals surface area contributed by atoms with E-state index in [9.17, 15) is 4.79 Å². The van der Waals surface area contributed by atoms with E-state index in [0.29, 0.717) is 17.1 Å². The van der Waals surface area contributed by atoms with Gasteiger partial charge in [0.25, 0.3) is 0 Å². The van der Waals surface area contributed by atoms with Crippen molar-refractivity contribution in [3.05, 3.63) is 23.3 Å². The lowest BCUT2D eigenvalue weighted by atomic mass is 9.93. The van der Waals surface area contributed by atoms with Crippen molar-refractivity contribution < 1.29 is 14.3 Å². The van der Waals surface area contributed by atoms with Gasteiger partial charge in [0, 0.05) is 18.5 Å². The molecule has 18 heavy (non-hydrogen) atoms. The number of carbonyl (C=O) groups is 1. The summed E-state index contributed by atoms with van der Waals surface area (Å²) in [5.74, 6) is 1.54. The van der Waals surface area contributed by atoms with Gasteiger partial charge in [0.2, 0.25) is 0 Å². The molecule has 1 N–H and O–H groups in total. The molecule has 0 radical (unpaired) electrons. The highest BCUT2D eigenvalue weighted by Gasteiger charge is 2.27. The molecule has 0 amide bonds. The van der Waals surface area contributed by atoms with Crippen LogP contribution in [0.5, 0.6) is 11.5 Å². The minimum atomic E-state index is 0.0611. The molecule has 0 saturated carbocycles. The predicted octanol–water partition coefficient (Wildman–Crippen LogP) is 1.80. The first-order chi connectivity index (χ1) is 8.67. The van der Waals surface area contributed by atoms with Crippen molar-refractivity contribution in [3.8, 4) is 11.5 Å². The molecule has 1 aromatic carbocycles. The predicted molar refractivity (Wildman–Crippen MR) is 69.6 cm³/mol. The summed E-state index contributed by atoms with van der Waals surface area (Å²) in [5, 5.41) is 3.22. The lowest BCUT2D eigenvalue weighted by molar-refractivity contribution is 0.0926. The van der Waals surface area contributed by atoms with Crippen LogP contribution in [0.15, 0.2) is 12.1 Å². The summed E-state index contributed by atoms with van der Waals surface area (Å²) in [5.41, 5.74) is 1.59. The Kier molecular flexibility index (Phi) is 3.87. The highest BCUT2D eigenvalue weighted by atomic mass is 16.5. The average molecular weight is 249 g/mol. The van der Waals surface area contributed by atoms with E-state index < -0.39 is 0 Å². The number of ketones is 1. The molecule has 1 unspecified atom stereocenters. The Bertz CT molecular complexity index is 451. The fourth-order valence-electron chi connectivity index (χ4n) is 2.40. The van der Waals surface area contributed by atoms with Gasteiger partial charge in [-0.1, -0.05) is 0 Å². The number of rotatable bonds is 4. The number of hydrogen-bond acceptors (Lipinski definition) is 4. The maximum Gasteiger partial charge on any atom is 0.171 e. The van der Waals surface area contributed by atoms with E-state index in [1.807, 2.05) is 13.0 Å². The molecular formula is C14H19NO3. The first-order valence-electron chi connectivity index (χ1n) is 6.15. The van der Waals surface area contributed by atoms with Crippen LogP contribution in [0, 0.1) is 12.8 Å². The second-order valence-electron chi connectivity index (χ2n) is 4.58. The molecule has 1 atom stereocenters. The number of Topliss-reactive ketones (excluding diaryl/α,β-unsaturated/α-hetero) is 1. The molecule has 0 aliphatic carbocycles. The minimum Gasteiger partial charge on any atom is -0.497 e. The second kappa shape index (κ2) is 5.40. The Hall–Kier alpha value is -1.55. The summed E-state index contributed by atoms with van der Waals surface area (Å²) in [6, 6.07) is 3.64. The molecule has 1 aliphatic heterocycles. The van der Waals surface area contributed by atoms with Crippen molar-refractivity contribution in [1.29, 1.82) is 0 Å². The summed E-state index contributed by atoms with van der Waals surface area (Å²) in [6.45, 7) is 3.59. The summed E-state index contributed by atoms with van der Waals surface area (Å²) >= 11 is 0. The van der Waals surface area contributed by atoms with Gasteiger partial charge in [-0.25, -0.2) is 0 Å². The van der Waals surface area contributed by atoms with Crippen LogP contribution >= 0.6 is 0 Å². The smallest absolute Gasteiger partial charge is 0.171 e. The van der Waals surface area contributed by atoms with Gasteiger partial charge in [0.15, 0.2) is 5.78 Å². The quantitative estimate of drug-likeness (QED) is 0.827. The first kappa shape index (κ1) is 12.9. The minimum absolute atomic E-state index is 0.0611. The maximum absolute atomic E-state index is 12.5. The number of methoxy groups -OCH3 is 2. The van der Waals surface area contributed by atoms with Gasteiger partial charge < -0.3 is 14.8 Å². The number of benzene rings is 1. The van der Waals surface area contributed by atoms with Crippen molar-refractivity contribution in [1.82, 2.24) is 5.32 Å².